The maximum absolute atomic E-state index is 13.0. The van der Waals surface area contributed by atoms with Crippen LogP contribution in [0.1, 0.15) is 32.8 Å². The second-order valence-corrected chi connectivity index (χ2v) is 17.3. The molecule has 0 N–H and O–H groups in total. The van der Waals surface area contributed by atoms with Crippen molar-refractivity contribution in [3.63, 3.8) is 0 Å². The summed E-state index contributed by atoms with van der Waals surface area (Å²) in [5.74, 6) is 0. The highest BCUT2D eigenvalue weighted by atomic mass is 32.2. The molecule has 2 heterocycles. The molecule has 8 heteroatoms. The third-order valence-electron chi connectivity index (χ3n) is 5.83. The van der Waals surface area contributed by atoms with Crippen molar-refractivity contribution < 1.29 is 19.1 Å². The van der Waals surface area contributed by atoms with Crippen LogP contribution < -0.4 is 4.90 Å². The van der Waals surface area contributed by atoms with Crippen LogP contribution >= 0.6 is 11.8 Å². The third-order valence-corrected chi connectivity index (χ3v) is 8.26. The summed E-state index contributed by atoms with van der Waals surface area (Å²) in [4.78, 5) is 30.4. The largest absolute Gasteiger partial charge is 0.449 e. The van der Waals surface area contributed by atoms with Crippen molar-refractivity contribution >= 4 is 37.7 Å². The Morgan fingerprint density at radius 1 is 1.16 bits per heavy atom. The monoisotopic (exact) mass is 464 g/mol. The summed E-state index contributed by atoms with van der Waals surface area (Å²) in [7, 11) is -1.28. The fourth-order valence-corrected chi connectivity index (χ4v) is 5.32. The van der Waals surface area contributed by atoms with Crippen LogP contribution in [-0.4, -0.2) is 63.3 Å². The number of likely N-dealkylation sites (tertiary alicyclic amines) is 1. The number of benzene rings is 1. The zero-order valence-electron chi connectivity index (χ0n) is 19.9. The highest BCUT2D eigenvalue weighted by molar-refractivity contribution is 7.98. The van der Waals surface area contributed by atoms with Crippen molar-refractivity contribution in [3.05, 3.63) is 23.8 Å². The van der Waals surface area contributed by atoms with Gasteiger partial charge < -0.3 is 14.4 Å². The topological polar surface area (TPSA) is 59.1 Å². The normalized spacial score (nSPS) is 20.9. The van der Waals surface area contributed by atoms with E-state index in [0.717, 1.165) is 28.6 Å². The fourth-order valence-electron chi connectivity index (χ4n) is 4.16. The van der Waals surface area contributed by atoms with E-state index in [4.69, 9.17) is 9.47 Å². The smallest absolute Gasteiger partial charge is 0.414 e. The maximum Gasteiger partial charge on any atom is 0.414 e. The number of fused-ring (bicyclic) bond motifs is 2. The predicted molar refractivity (Wildman–Crippen MR) is 129 cm³/mol. The zero-order valence-corrected chi connectivity index (χ0v) is 21.7. The molecular weight excluding hydrogens is 428 g/mol. The number of carbonyl (C=O) groups is 2. The highest BCUT2D eigenvalue weighted by Gasteiger charge is 2.50. The molecule has 1 spiro atoms. The Morgan fingerprint density at radius 2 is 1.87 bits per heavy atom. The summed E-state index contributed by atoms with van der Waals surface area (Å²) in [5, 5.41) is 0. The molecule has 1 aromatic rings. The van der Waals surface area contributed by atoms with Crippen molar-refractivity contribution in [2.75, 3.05) is 37.4 Å². The molecular formula is C23H36N2O4SSi. The van der Waals surface area contributed by atoms with Crippen LogP contribution in [0, 0.1) is 0 Å². The van der Waals surface area contributed by atoms with E-state index < -0.39 is 13.7 Å². The van der Waals surface area contributed by atoms with E-state index in [1.165, 1.54) is 0 Å². The number of ether oxygens (including phenoxy) is 2. The number of thioether (sulfide) groups is 1. The van der Waals surface area contributed by atoms with Crippen LogP contribution in [0.5, 0.6) is 0 Å². The molecule has 1 saturated heterocycles. The van der Waals surface area contributed by atoms with Crippen molar-refractivity contribution in [1.82, 2.24) is 4.90 Å². The van der Waals surface area contributed by atoms with Gasteiger partial charge in [-0.2, -0.15) is 0 Å². The molecule has 0 aliphatic carbocycles. The Bertz CT molecular complexity index is 849. The molecule has 0 radical (unpaired) electrons. The third kappa shape index (κ3) is 5.58. The first kappa shape index (κ1) is 24.0. The average Bonchev–Trinajstić information content (AvgIpc) is 3.22. The van der Waals surface area contributed by atoms with Gasteiger partial charge in [0.25, 0.3) is 0 Å². The standard InChI is InChI=1S/C23H36N2O4SSi/c1-22(2,3)29-20(26)24-11-10-23(15-24)16-25(21(27)28-12-13-31(5,6)7)19-9-8-17(30-4)14-18(19)23/h8-9,14H,10-13,15-16H2,1-7H3. The maximum atomic E-state index is 13.0. The first-order valence-electron chi connectivity index (χ1n) is 10.9. The van der Waals surface area contributed by atoms with Crippen LogP contribution in [0.15, 0.2) is 23.1 Å². The van der Waals surface area contributed by atoms with Gasteiger partial charge >= 0.3 is 12.2 Å². The first-order chi connectivity index (χ1) is 14.3. The van der Waals surface area contributed by atoms with E-state index >= 15 is 0 Å². The molecule has 1 unspecified atom stereocenters. The molecule has 2 aliphatic heterocycles. The minimum atomic E-state index is -1.28. The van der Waals surface area contributed by atoms with E-state index in [0.29, 0.717) is 26.2 Å². The lowest BCUT2D eigenvalue weighted by Crippen LogP contribution is -2.41. The van der Waals surface area contributed by atoms with Crippen LogP contribution in [0.25, 0.3) is 0 Å². The lowest BCUT2D eigenvalue weighted by molar-refractivity contribution is 0.0285. The number of anilines is 1. The lowest BCUT2D eigenvalue weighted by atomic mass is 9.81. The van der Waals surface area contributed by atoms with Gasteiger partial charge in [-0.15, -0.1) is 11.8 Å². The van der Waals surface area contributed by atoms with Crippen LogP contribution in [0.2, 0.25) is 25.7 Å². The quantitative estimate of drug-likeness (QED) is 0.430. The average molecular weight is 465 g/mol. The SMILES string of the molecule is CSc1ccc2c(c1)C1(CCN(C(=O)OC(C)(C)C)C1)CN2C(=O)OCC[Si](C)(C)C. The summed E-state index contributed by atoms with van der Waals surface area (Å²) in [6.45, 7) is 14.6. The summed E-state index contributed by atoms with van der Waals surface area (Å²) in [6, 6.07) is 7.19. The Morgan fingerprint density at radius 3 is 2.48 bits per heavy atom. The Kier molecular flexibility index (Phi) is 6.72. The van der Waals surface area contributed by atoms with Gasteiger partial charge in [0.15, 0.2) is 0 Å². The van der Waals surface area contributed by atoms with E-state index in [9.17, 15) is 9.59 Å². The van der Waals surface area contributed by atoms with Gasteiger partial charge in [0.05, 0.1) is 12.3 Å². The van der Waals surface area contributed by atoms with Gasteiger partial charge in [-0.3, -0.25) is 4.90 Å². The highest BCUT2D eigenvalue weighted by Crippen LogP contribution is 2.48. The molecule has 0 aromatic heterocycles. The predicted octanol–water partition coefficient (Wildman–Crippen LogP) is 5.58. The van der Waals surface area contributed by atoms with Gasteiger partial charge in [0.1, 0.15) is 5.60 Å². The number of nitrogens with zero attached hydrogens (tertiary/aromatic N) is 2. The fraction of sp³-hybridized carbons (Fsp3) is 0.652. The van der Waals surface area contributed by atoms with E-state index in [2.05, 4.69) is 25.7 Å². The molecule has 172 valence electrons. The van der Waals surface area contributed by atoms with Crippen molar-refractivity contribution in [3.8, 4) is 0 Å². The zero-order chi connectivity index (χ0) is 23.0. The number of hydrogen-bond donors (Lipinski definition) is 0. The van der Waals surface area contributed by atoms with E-state index in [-0.39, 0.29) is 17.6 Å². The Labute approximate surface area is 191 Å². The lowest BCUT2D eigenvalue weighted by Gasteiger charge is -2.27. The molecule has 2 aliphatic rings. The van der Waals surface area contributed by atoms with Crippen LogP contribution in [0.4, 0.5) is 15.3 Å². The van der Waals surface area contributed by atoms with Crippen LogP contribution in [0.3, 0.4) is 0 Å². The molecule has 0 bridgehead atoms. The van der Waals surface area contributed by atoms with Crippen molar-refractivity contribution in [2.45, 2.75) is 68.8 Å². The molecule has 3 rings (SSSR count). The Hall–Kier alpha value is -1.67. The van der Waals surface area contributed by atoms with E-state index in [1.54, 1.807) is 21.6 Å². The molecule has 1 atom stereocenters. The Balaban J connectivity index is 1.82. The molecule has 1 aromatic carbocycles. The second kappa shape index (κ2) is 8.69. The second-order valence-electron chi connectivity index (χ2n) is 10.8. The number of carbonyl (C=O) groups excluding carboxylic acids is 2. The molecule has 2 amide bonds. The minimum absolute atomic E-state index is 0.282. The summed E-state index contributed by atoms with van der Waals surface area (Å²) in [5.41, 5.74) is 1.23. The van der Waals surface area contributed by atoms with Gasteiger partial charge in [-0.1, -0.05) is 19.6 Å². The molecule has 1 fully saturated rings. The van der Waals surface area contributed by atoms with Crippen LogP contribution in [-0.2, 0) is 14.9 Å². The molecule has 0 saturated carbocycles. The van der Waals surface area contributed by atoms with E-state index in [1.807, 2.05) is 39.2 Å². The van der Waals surface area contributed by atoms with Gasteiger partial charge in [0.2, 0.25) is 0 Å². The minimum Gasteiger partial charge on any atom is -0.449 e. The number of amides is 2. The van der Waals surface area contributed by atoms with Crippen molar-refractivity contribution in [1.29, 1.82) is 0 Å². The van der Waals surface area contributed by atoms with Gasteiger partial charge in [-0.25, -0.2) is 9.59 Å². The van der Waals surface area contributed by atoms with Crippen molar-refractivity contribution in [2.24, 2.45) is 0 Å². The van der Waals surface area contributed by atoms with Gasteiger partial charge in [-0.05, 0) is 63.3 Å². The number of hydrogen-bond acceptors (Lipinski definition) is 5. The first-order valence-corrected chi connectivity index (χ1v) is 15.9. The van der Waals surface area contributed by atoms with Gasteiger partial charge in [0, 0.05) is 38.0 Å². The summed E-state index contributed by atoms with van der Waals surface area (Å²) < 4.78 is 11.3. The number of rotatable bonds is 4. The molecule has 6 nitrogen and oxygen atoms in total. The summed E-state index contributed by atoms with van der Waals surface area (Å²) >= 11 is 1.68. The summed E-state index contributed by atoms with van der Waals surface area (Å²) in [6.07, 6.45) is 2.27. The molecule has 31 heavy (non-hydrogen) atoms.